The first-order valence-electron chi connectivity index (χ1n) is 9.18. The molecule has 0 unspecified atom stereocenters. The molecule has 9 heteroatoms. The summed E-state index contributed by atoms with van der Waals surface area (Å²) in [5, 5.41) is 0. The first kappa shape index (κ1) is 19.0. The van der Waals surface area contributed by atoms with Crippen molar-refractivity contribution in [2.45, 2.75) is 37.6 Å². The number of nitrogens with zero attached hydrogens (tertiary/aromatic N) is 3. The minimum Gasteiger partial charge on any atom is -0.352 e. The molecule has 4 rings (SSSR count). The summed E-state index contributed by atoms with van der Waals surface area (Å²) in [5.74, 6) is -1.64. The van der Waals surface area contributed by atoms with E-state index < -0.39 is 17.2 Å². The predicted octanol–water partition coefficient (Wildman–Crippen LogP) is 3.37. The van der Waals surface area contributed by atoms with Gasteiger partial charge in [0.25, 0.3) is 5.56 Å². The third-order valence-corrected chi connectivity index (χ3v) is 6.06. The average Bonchev–Trinajstić information content (AvgIpc) is 2.67. The zero-order valence-corrected chi connectivity index (χ0v) is 16.6. The second kappa shape index (κ2) is 7.27. The van der Waals surface area contributed by atoms with Gasteiger partial charge in [-0.2, -0.15) is 0 Å². The molecular weight excluding hydrogens is 434 g/mol. The van der Waals surface area contributed by atoms with E-state index in [4.69, 9.17) is 0 Å². The number of anilines is 2. The fourth-order valence-corrected chi connectivity index (χ4v) is 4.58. The zero-order valence-electron chi connectivity index (χ0n) is 15.1. The van der Waals surface area contributed by atoms with Gasteiger partial charge in [-0.3, -0.25) is 9.59 Å². The van der Waals surface area contributed by atoms with Gasteiger partial charge in [0.2, 0.25) is 5.91 Å². The van der Waals surface area contributed by atoms with Gasteiger partial charge in [0.15, 0.2) is 17.5 Å². The van der Waals surface area contributed by atoms with Gasteiger partial charge in [0, 0.05) is 37.5 Å². The van der Waals surface area contributed by atoms with Crippen LogP contribution in [0.5, 0.6) is 0 Å². The van der Waals surface area contributed by atoms with Crippen LogP contribution in [0.25, 0.3) is 0 Å². The summed E-state index contributed by atoms with van der Waals surface area (Å²) in [4.78, 5) is 35.3. The van der Waals surface area contributed by atoms with E-state index in [2.05, 4.69) is 25.9 Å². The number of halogens is 3. The van der Waals surface area contributed by atoms with E-state index in [1.54, 1.807) is 4.90 Å². The van der Waals surface area contributed by atoms with E-state index in [9.17, 15) is 18.4 Å². The normalized spacial score (nSPS) is 19.3. The molecule has 2 aliphatic heterocycles. The minimum absolute atomic E-state index is 0.0795. The Bertz CT molecular complexity index is 973. The van der Waals surface area contributed by atoms with Crippen molar-refractivity contribution < 1.29 is 13.6 Å². The van der Waals surface area contributed by atoms with Gasteiger partial charge >= 0.3 is 0 Å². The van der Waals surface area contributed by atoms with Crippen molar-refractivity contribution in [1.29, 1.82) is 0 Å². The Kier molecular flexibility index (Phi) is 4.95. The van der Waals surface area contributed by atoms with Crippen LogP contribution in [0.3, 0.4) is 0 Å². The van der Waals surface area contributed by atoms with Crippen LogP contribution in [0.4, 0.5) is 20.3 Å². The van der Waals surface area contributed by atoms with Crippen molar-refractivity contribution in [3.05, 3.63) is 51.0 Å². The van der Waals surface area contributed by atoms with Gasteiger partial charge < -0.3 is 14.8 Å². The summed E-state index contributed by atoms with van der Waals surface area (Å²) in [6, 6.07) is 3.60. The first-order chi connectivity index (χ1) is 13.4. The first-order valence-corrected chi connectivity index (χ1v) is 9.97. The van der Waals surface area contributed by atoms with Crippen LogP contribution < -0.4 is 15.4 Å². The van der Waals surface area contributed by atoms with Crippen molar-refractivity contribution in [3.63, 3.8) is 0 Å². The molecule has 1 spiro atoms. The quantitative estimate of drug-likeness (QED) is 0.758. The largest absolute Gasteiger partial charge is 0.352 e. The molecule has 1 aromatic carbocycles. The monoisotopic (exact) mass is 452 g/mol. The number of benzene rings is 1. The van der Waals surface area contributed by atoms with E-state index in [0.717, 1.165) is 25.0 Å². The number of rotatable bonds is 2. The maximum atomic E-state index is 13.8. The number of aromatic amines is 1. The minimum atomic E-state index is -0.965. The molecule has 2 aromatic rings. The van der Waals surface area contributed by atoms with Gasteiger partial charge in [-0.15, -0.1) is 0 Å². The summed E-state index contributed by atoms with van der Waals surface area (Å²) < 4.78 is 27.7. The molecule has 0 bridgehead atoms. The van der Waals surface area contributed by atoms with Crippen LogP contribution in [0.1, 0.15) is 32.1 Å². The molecule has 2 saturated heterocycles. The van der Waals surface area contributed by atoms with Crippen LogP contribution in [0.2, 0.25) is 0 Å². The fourth-order valence-electron chi connectivity index (χ4n) is 4.30. The van der Waals surface area contributed by atoms with E-state index in [1.807, 2.05) is 4.90 Å². The van der Waals surface area contributed by atoms with Crippen LogP contribution in [0.15, 0.2) is 33.8 Å². The number of hydrogen-bond acceptors (Lipinski definition) is 4. The molecule has 1 amide bonds. The Hall–Kier alpha value is -2.29. The summed E-state index contributed by atoms with van der Waals surface area (Å²) in [5.41, 5.74) is -0.346. The molecular formula is C19H19BrF2N4O2. The van der Waals surface area contributed by atoms with Gasteiger partial charge in [-0.25, -0.2) is 13.8 Å². The summed E-state index contributed by atoms with van der Waals surface area (Å²) in [6.45, 7) is 1.08. The molecule has 6 nitrogen and oxygen atoms in total. The third-order valence-electron chi connectivity index (χ3n) is 5.65. The topological polar surface area (TPSA) is 69.3 Å². The molecule has 148 valence electrons. The maximum absolute atomic E-state index is 13.8. The highest BCUT2D eigenvalue weighted by Crippen LogP contribution is 2.41. The molecule has 3 heterocycles. The zero-order chi connectivity index (χ0) is 19.9. The third kappa shape index (κ3) is 3.32. The number of aromatic nitrogens is 2. The Morgan fingerprint density at radius 3 is 2.57 bits per heavy atom. The molecule has 28 heavy (non-hydrogen) atoms. The Morgan fingerprint density at radius 1 is 1.11 bits per heavy atom. The van der Waals surface area contributed by atoms with Crippen LogP contribution >= 0.6 is 15.9 Å². The lowest BCUT2D eigenvalue weighted by Crippen LogP contribution is -2.60. The highest BCUT2D eigenvalue weighted by molar-refractivity contribution is 9.10. The SMILES string of the molecule is O=C1CCCC2(CCN(c3nc(Br)c[nH]c3=O)CC2)N1c1ccc(F)c(F)c1. The van der Waals surface area contributed by atoms with E-state index in [-0.39, 0.29) is 11.5 Å². The molecule has 0 aliphatic carbocycles. The number of carbonyl (C=O) groups excluding carboxylic acids is 1. The average molecular weight is 453 g/mol. The predicted molar refractivity (Wildman–Crippen MR) is 104 cm³/mol. The van der Waals surface area contributed by atoms with Gasteiger partial charge in [0.1, 0.15) is 4.60 Å². The molecule has 2 fully saturated rings. The summed E-state index contributed by atoms with van der Waals surface area (Å²) in [7, 11) is 0. The molecule has 0 radical (unpaired) electrons. The summed E-state index contributed by atoms with van der Waals surface area (Å²) >= 11 is 3.27. The molecule has 0 saturated carbocycles. The second-order valence-electron chi connectivity index (χ2n) is 7.27. The highest BCUT2D eigenvalue weighted by Gasteiger charge is 2.45. The number of hydrogen-bond donors (Lipinski definition) is 1. The van der Waals surface area contributed by atoms with E-state index in [0.29, 0.717) is 48.5 Å². The van der Waals surface area contributed by atoms with Crippen molar-refractivity contribution in [2.75, 3.05) is 22.9 Å². The van der Waals surface area contributed by atoms with Crippen LogP contribution in [0, 0.1) is 11.6 Å². The van der Waals surface area contributed by atoms with E-state index in [1.165, 1.54) is 12.3 Å². The van der Waals surface area contributed by atoms with Crippen molar-refractivity contribution in [1.82, 2.24) is 9.97 Å². The van der Waals surface area contributed by atoms with Gasteiger partial charge in [-0.05, 0) is 53.7 Å². The maximum Gasteiger partial charge on any atom is 0.290 e. The van der Waals surface area contributed by atoms with E-state index >= 15 is 0 Å². The number of amides is 1. The standard InChI is InChI=1S/C19H19BrF2N4O2/c20-15-11-23-18(28)17(24-15)25-8-6-19(7-9-25)5-1-2-16(27)26(19)12-3-4-13(21)14(22)10-12/h3-4,10-11H,1-2,5-9H2,(H,23,28). The fraction of sp³-hybridized carbons (Fsp3) is 0.421. The number of H-pyrrole nitrogens is 1. The van der Waals surface area contributed by atoms with Gasteiger partial charge in [-0.1, -0.05) is 0 Å². The van der Waals surface area contributed by atoms with Crippen LogP contribution in [-0.4, -0.2) is 34.5 Å². The van der Waals surface area contributed by atoms with Crippen molar-refractivity contribution in [3.8, 4) is 0 Å². The lowest BCUT2D eigenvalue weighted by atomic mass is 9.78. The lowest BCUT2D eigenvalue weighted by Gasteiger charge is -2.51. The van der Waals surface area contributed by atoms with Crippen molar-refractivity contribution >= 4 is 33.3 Å². The molecule has 2 aliphatic rings. The smallest absolute Gasteiger partial charge is 0.290 e. The van der Waals surface area contributed by atoms with Crippen LogP contribution in [-0.2, 0) is 4.79 Å². The van der Waals surface area contributed by atoms with Gasteiger partial charge in [0.05, 0.1) is 5.54 Å². The summed E-state index contributed by atoms with van der Waals surface area (Å²) in [6.07, 6.45) is 4.65. The number of nitrogens with one attached hydrogen (secondary N) is 1. The number of piperidine rings is 2. The molecule has 1 N–H and O–H groups in total. The Morgan fingerprint density at radius 2 is 1.86 bits per heavy atom. The van der Waals surface area contributed by atoms with Crippen molar-refractivity contribution in [2.24, 2.45) is 0 Å². The lowest BCUT2D eigenvalue weighted by molar-refractivity contribution is -0.121. The highest BCUT2D eigenvalue weighted by atomic mass is 79.9. The second-order valence-corrected chi connectivity index (χ2v) is 8.08. The molecule has 1 aromatic heterocycles. The Balaban J connectivity index is 1.63. The Labute approximate surface area is 168 Å². The number of carbonyl (C=O) groups is 1. The molecule has 0 atom stereocenters.